The molecule has 0 amide bonds. The van der Waals surface area contributed by atoms with E-state index in [-0.39, 0.29) is 0 Å². The van der Waals surface area contributed by atoms with Crippen LogP contribution in [0.15, 0.2) is 6.07 Å². The third-order valence-electron chi connectivity index (χ3n) is 3.03. The Morgan fingerprint density at radius 1 is 1.50 bits per heavy atom. The highest BCUT2D eigenvalue weighted by molar-refractivity contribution is 7.12. The van der Waals surface area contributed by atoms with E-state index in [2.05, 4.69) is 18.3 Å². The Labute approximate surface area is 102 Å². The van der Waals surface area contributed by atoms with Gasteiger partial charge in [0, 0.05) is 22.3 Å². The molecule has 2 N–H and O–H groups in total. The van der Waals surface area contributed by atoms with Crippen LogP contribution < -0.4 is 5.32 Å². The van der Waals surface area contributed by atoms with Crippen molar-refractivity contribution in [2.45, 2.75) is 51.7 Å². The smallest absolute Gasteiger partial charge is 0.0715 e. The Morgan fingerprint density at radius 2 is 2.25 bits per heavy atom. The van der Waals surface area contributed by atoms with Gasteiger partial charge in [-0.25, -0.2) is 0 Å². The molecule has 0 spiro atoms. The van der Waals surface area contributed by atoms with Crippen LogP contribution in [0.25, 0.3) is 0 Å². The fourth-order valence-corrected chi connectivity index (χ4v) is 3.35. The molecule has 0 radical (unpaired) electrons. The van der Waals surface area contributed by atoms with E-state index >= 15 is 0 Å². The first kappa shape index (κ1) is 12.1. The zero-order valence-corrected chi connectivity index (χ0v) is 11.2. The number of aliphatic hydroxyl groups is 1. The highest BCUT2D eigenvalue weighted by Crippen LogP contribution is 2.33. The minimum Gasteiger partial charge on any atom is -0.389 e. The average molecular weight is 239 g/mol. The van der Waals surface area contributed by atoms with Gasteiger partial charge < -0.3 is 10.4 Å². The quantitative estimate of drug-likeness (QED) is 0.846. The van der Waals surface area contributed by atoms with Gasteiger partial charge in [0.05, 0.1) is 5.60 Å². The molecule has 1 heterocycles. The molecule has 0 aliphatic heterocycles. The van der Waals surface area contributed by atoms with Gasteiger partial charge in [0.25, 0.3) is 0 Å². The summed E-state index contributed by atoms with van der Waals surface area (Å²) in [6.45, 7) is 6.48. The number of hydrogen-bond donors (Lipinski definition) is 2. The number of thiophene rings is 1. The number of aryl methyl sites for hydroxylation is 2. The van der Waals surface area contributed by atoms with Crippen molar-refractivity contribution in [2.75, 3.05) is 6.54 Å². The van der Waals surface area contributed by atoms with Gasteiger partial charge in [-0.3, -0.25) is 0 Å². The SMILES string of the molecule is CC(NCC(C)(C)O)c1cc2c(s1)CCC2. The molecule has 1 aromatic rings. The fourth-order valence-electron chi connectivity index (χ4n) is 2.07. The molecule has 3 heteroatoms. The maximum Gasteiger partial charge on any atom is 0.0715 e. The van der Waals surface area contributed by atoms with E-state index in [1.807, 2.05) is 25.2 Å². The van der Waals surface area contributed by atoms with E-state index in [1.165, 1.54) is 24.1 Å². The number of rotatable bonds is 4. The summed E-state index contributed by atoms with van der Waals surface area (Å²) in [4.78, 5) is 2.99. The van der Waals surface area contributed by atoms with Crippen molar-refractivity contribution in [3.63, 3.8) is 0 Å². The molecule has 1 unspecified atom stereocenters. The molecule has 1 aliphatic carbocycles. The monoisotopic (exact) mass is 239 g/mol. The lowest BCUT2D eigenvalue weighted by atomic mass is 10.1. The molecule has 2 nitrogen and oxygen atoms in total. The Morgan fingerprint density at radius 3 is 2.88 bits per heavy atom. The van der Waals surface area contributed by atoms with Gasteiger partial charge in [-0.1, -0.05) is 0 Å². The van der Waals surface area contributed by atoms with Crippen LogP contribution >= 0.6 is 11.3 Å². The van der Waals surface area contributed by atoms with Gasteiger partial charge in [0.15, 0.2) is 0 Å². The summed E-state index contributed by atoms with van der Waals surface area (Å²) in [6.07, 6.45) is 3.84. The molecule has 90 valence electrons. The van der Waals surface area contributed by atoms with Crippen molar-refractivity contribution in [1.82, 2.24) is 5.32 Å². The Kier molecular flexibility index (Phi) is 3.38. The van der Waals surface area contributed by atoms with Crippen molar-refractivity contribution in [3.05, 3.63) is 21.4 Å². The van der Waals surface area contributed by atoms with Crippen molar-refractivity contribution < 1.29 is 5.11 Å². The van der Waals surface area contributed by atoms with Crippen molar-refractivity contribution >= 4 is 11.3 Å². The molecule has 1 aliphatic rings. The lowest BCUT2D eigenvalue weighted by Gasteiger charge is -2.21. The van der Waals surface area contributed by atoms with Gasteiger partial charge in [0.1, 0.15) is 0 Å². The molecular weight excluding hydrogens is 218 g/mol. The lowest BCUT2D eigenvalue weighted by molar-refractivity contribution is 0.0771. The largest absolute Gasteiger partial charge is 0.389 e. The normalized spacial score (nSPS) is 17.5. The maximum atomic E-state index is 9.67. The van der Waals surface area contributed by atoms with Gasteiger partial charge in [0.2, 0.25) is 0 Å². The highest BCUT2D eigenvalue weighted by atomic mass is 32.1. The average Bonchev–Trinajstić information content (AvgIpc) is 2.71. The molecule has 0 aromatic carbocycles. The molecule has 0 saturated heterocycles. The van der Waals surface area contributed by atoms with E-state index in [1.54, 1.807) is 10.4 Å². The third kappa shape index (κ3) is 2.84. The Bertz CT molecular complexity index is 343. The lowest BCUT2D eigenvalue weighted by Crippen LogP contribution is -2.35. The van der Waals surface area contributed by atoms with E-state index < -0.39 is 5.60 Å². The van der Waals surface area contributed by atoms with Crippen LogP contribution in [0, 0.1) is 0 Å². The van der Waals surface area contributed by atoms with E-state index in [9.17, 15) is 5.11 Å². The summed E-state index contributed by atoms with van der Waals surface area (Å²) < 4.78 is 0. The van der Waals surface area contributed by atoms with E-state index in [4.69, 9.17) is 0 Å². The molecule has 0 saturated carbocycles. The van der Waals surface area contributed by atoms with Crippen LogP contribution in [-0.4, -0.2) is 17.3 Å². The minimum atomic E-state index is -0.631. The molecule has 1 atom stereocenters. The second-order valence-electron chi connectivity index (χ2n) is 5.37. The summed E-state index contributed by atoms with van der Waals surface area (Å²) in [6, 6.07) is 2.69. The fraction of sp³-hybridized carbons (Fsp3) is 0.692. The molecule has 1 aromatic heterocycles. The first-order valence-corrected chi connectivity index (χ1v) is 6.84. The van der Waals surface area contributed by atoms with Crippen LogP contribution in [-0.2, 0) is 12.8 Å². The second kappa shape index (κ2) is 4.47. The summed E-state index contributed by atoms with van der Waals surface area (Å²) >= 11 is 1.94. The predicted molar refractivity (Wildman–Crippen MR) is 69.1 cm³/mol. The van der Waals surface area contributed by atoms with Gasteiger partial charge in [-0.2, -0.15) is 0 Å². The Hall–Kier alpha value is -0.380. The van der Waals surface area contributed by atoms with Crippen molar-refractivity contribution in [1.29, 1.82) is 0 Å². The van der Waals surface area contributed by atoms with Crippen molar-refractivity contribution in [2.24, 2.45) is 0 Å². The number of nitrogens with one attached hydrogen (secondary N) is 1. The predicted octanol–water partition coefficient (Wildman–Crippen LogP) is 2.66. The van der Waals surface area contributed by atoms with Gasteiger partial charge in [-0.05, 0) is 51.7 Å². The molecule has 2 rings (SSSR count). The molecule has 0 bridgehead atoms. The minimum absolute atomic E-state index is 0.349. The van der Waals surface area contributed by atoms with Gasteiger partial charge >= 0.3 is 0 Å². The first-order chi connectivity index (χ1) is 7.46. The van der Waals surface area contributed by atoms with E-state index in [0.717, 1.165) is 0 Å². The van der Waals surface area contributed by atoms with Crippen LogP contribution in [0.5, 0.6) is 0 Å². The number of hydrogen-bond acceptors (Lipinski definition) is 3. The van der Waals surface area contributed by atoms with Crippen molar-refractivity contribution in [3.8, 4) is 0 Å². The second-order valence-corrected chi connectivity index (χ2v) is 6.53. The summed E-state index contributed by atoms with van der Waals surface area (Å²) in [7, 11) is 0. The summed E-state index contributed by atoms with van der Waals surface area (Å²) in [5.74, 6) is 0. The topological polar surface area (TPSA) is 32.3 Å². The molecular formula is C13H21NOS. The third-order valence-corrected chi connectivity index (χ3v) is 4.45. The highest BCUT2D eigenvalue weighted by Gasteiger charge is 2.19. The molecule has 0 fully saturated rings. The van der Waals surface area contributed by atoms with Crippen LogP contribution in [0.2, 0.25) is 0 Å². The first-order valence-electron chi connectivity index (χ1n) is 6.03. The molecule has 16 heavy (non-hydrogen) atoms. The zero-order valence-electron chi connectivity index (χ0n) is 10.3. The number of fused-ring (bicyclic) bond motifs is 1. The summed E-state index contributed by atoms with van der Waals surface area (Å²) in [5.41, 5.74) is 0.922. The summed E-state index contributed by atoms with van der Waals surface area (Å²) in [5, 5.41) is 13.1. The Balaban J connectivity index is 1.96. The standard InChI is InChI=1S/C13H21NOS/c1-9(14-8-13(2,3)15)12-7-10-5-4-6-11(10)16-12/h7,9,14-15H,4-6,8H2,1-3H3. The van der Waals surface area contributed by atoms with Crippen LogP contribution in [0.1, 0.15) is 48.6 Å². The van der Waals surface area contributed by atoms with Crippen LogP contribution in [0.4, 0.5) is 0 Å². The maximum absolute atomic E-state index is 9.67. The van der Waals surface area contributed by atoms with Crippen LogP contribution in [0.3, 0.4) is 0 Å². The zero-order chi connectivity index (χ0) is 11.8. The van der Waals surface area contributed by atoms with E-state index in [0.29, 0.717) is 12.6 Å². The van der Waals surface area contributed by atoms with Gasteiger partial charge in [-0.15, -0.1) is 11.3 Å².